The lowest BCUT2D eigenvalue weighted by Crippen LogP contribution is -1.87. The van der Waals surface area contributed by atoms with Gasteiger partial charge in [-0.15, -0.1) is 11.3 Å². The summed E-state index contributed by atoms with van der Waals surface area (Å²) >= 11 is 1.60. The molecule has 3 N–H and O–H groups in total. The summed E-state index contributed by atoms with van der Waals surface area (Å²) in [7, 11) is 0. The Kier molecular flexibility index (Phi) is 2.38. The minimum Gasteiger partial charge on any atom is -0.384 e. The van der Waals surface area contributed by atoms with E-state index < -0.39 is 0 Å². The zero-order valence-corrected chi connectivity index (χ0v) is 9.74. The second-order valence-corrected chi connectivity index (χ2v) is 4.46. The van der Waals surface area contributed by atoms with Crippen LogP contribution in [-0.2, 0) is 0 Å². The molecule has 4 nitrogen and oxygen atoms in total. The summed E-state index contributed by atoms with van der Waals surface area (Å²) in [5, 5.41) is 9.58. The fraction of sp³-hybridized carbons (Fsp3) is 0. The molecule has 1 aromatic carbocycles. The van der Waals surface area contributed by atoms with Crippen LogP contribution < -0.4 is 5.73 Å². The van der Waals surface area contributed by atoms with Gasteiger partial charge in [-0.3, -0.25) is 5.10 Å². The van der Waals surface area contributed by atoms with E-state index in [-0.39, 0.29) is 0 Å². The van der Waals surface area contributed by atoms with E-state index in [0.29, 0.717) is 5.82 Å². The fourth-order valence-corrected chi connectivity index (χ4v) is 2.44. The number of anilines is 1. The molecule has 17 heavy (non-hydrogen) atoms. The topological polar surface area (TPSA) is 67.6 Å². The minimum atomic E-state index is 0.551. The van der Waals surface area contributed by atoms with Crippen molar-refractivity contribution in [1.82, 2.24) is 15.2 Å². The highest BCUT2D eigenvalue weighted by Gasteiger charge is 2.09. The van der Waals surface area contributed by atoms with Gasteiger partial charge in [0.2, 0.25) is 0 Å². The summed E-state index contributed by atoms with van der Waals surface area (Å²) in [6.45, 7) is 0. The maximum absolute atomic E-state index is 5.77. The van der Waals surface area contributed by atoms with Gasteiger partial charge < -0.3 is 5.73 Å². The number of benzene rings is 1. The molecule has 0 unspecified atom stereocenters. The number of thiazole rings is 1. The molecule has 84 valence electrons. The van der Waals surface area contributed by atoms with Crippen LogP contribution in [0.3, 0.4) is 0 Å². The summed E-state index contributed by atoms with van der Waals surface area (Å²) in [6, 6.07) is 10.1. The second-order valence-electron chi connectivity index (χ2n) is 3.60. The van der Waals surface area contributed by atoms with Gasteiger partial charge in [-0.25, -0.2) is 4.98 Å². The summed E-state index contributed by atoms with van der Waals surface area (Å²) in [5.74, 6) is 0.551. The molecule has 0 fully saturated rings. The van der Waals surface area contributed by atoms with Gasteiger partial charge in [-0.05, 0) is 0 Å². The number of H-pyrrole nitrogens is 1. The van der Waals surface area contributed by atoms with Crippen molar-refractivity contribution in [1.29, 1.82) is 0 Å². The first kappa shape index (κ1) is 10.0. The van der Waals surface area contributed by atoms with Crippen LogP contribution in [0.2, 0.25) is 0 Å². The Morgan fingerprint density at radius 3 is 2.71 bits per heavy atom. The zero-order chi connectivity index (χ0) is 11.7. The fourth-order valence-electron chi connectivity index (χ4n) is 1.61. The van der Waals surface area contributed by atoms with Crippen molar-refractivity contribution in [2.45, 2.75) is 0 Å². The number of nitrogens with zero attached hydrogens (tertiary/aromatic N) is 2. The van der Waals surface area contributed by atoms with Crippen molar-refractivity contribution in [3.8, 4) is 21.8 Å². The lowest BCUT2D eigenvalue weighted by molar-refractivity contribution is 1.10. The van der Waals surface area contributed by atoms with Crippen LogP contribution in [0.1, 0.15) is 0 Å². The lowest BCUT2D eigenvalue weighted by atomic mass is 10.2. The largest absolute Gasteiger partial charge is 0.384 e. The van der Waals surface area contributed by atoms with Crippen LogP contribution in [0.5, 0.6) is 0 Å². The predicted molar refractivity (Wildman–Crippen MR) is 69.5 cm³/mol. The number of nitrogen functional groups attached to an aromatic ring is 1. The lowest BCUT2D eigenvalue weighted by Gasteiger charge is -1.94. The molecule has 0 amide bonds. The minimum absolute atomic E-state index is 0.551. The molecule has 3 aromatic rings. The standard InChI is InChI=1S/C12H10N4S/c13-11-9(6-14-16-11)10-7-17-12(15-10)8-4-2-1-3-5-8/h1-7H,(H3,13,14,16). The smallest absolute Gasteiger partial charge is 0.128 e. The number of aromatic nitrogens is 3. The maximum atomic E-state index is 5.77. The molecule has 0 atom stereocenters. The highest BCUT2D eigenvalue weighted by Crippen LogP contribution is 2.30. The SMILES string of the molecule is Nc1[nH]ncc1-c1csc(-c2ccccc2)n1. The molecule has 0 aliphatic heterocycles. The zero-order valence-electron chi connectivity index (χ0n) is 8.92. The third kappa shape index (κ3) is 1.81. The predicted octanol–water partition coefficient (Wildman–Crippen LogP) is 2.78. The molecule has 0 aliphatic carbocycles. The van der Waals surface area contributed by atoms with Crippen LogP contribution in [0.15, 0.2) is 41.9 Å². The van der Waals surface area contributed by atoms with E-state index in [4.69, 9.17) is 5.73 Å². The van der Waals surface area contributed by atoms with Gasteiger partial charge >= 0.3 is 0 Å². The quantitative estimate of drug-likeness (QED) is 0.726. The van der Waals surface area contributed by atoms with Gasteiger partial charge in [0.15, 0.2) is 0 Å². The van der Waals surface area contributed by atoms with E-state index in [9.17, 15) is 0 Å². The first-order valence-corrected chi connectivity index (χ1v) is 6.03. The van der Waals surface area contributed by atoms with E-state index in [1.807, 2.05) is 35.7 Å². The van der Waals surface area contributed by atoms with Gasteiger partial charge in [0, 0.05) is 10.9 Å². The van der Waals surface area contributed by atoms with Gasteiger partial charge in [0.25, 0.3) is 0 Å². The monoisotopic (exact) mass is 242 g/mol. The summed E-state index contributed by atoms with van der Waals surface area (Å²) in [6.07, 6.45) is 1.69. The van der Waals surface area contributed by atoms with E-state index >= 15 is 0 Å². The van der Waals surface area contributed by atoms with E-state index in [1.54, 1.807) is 17.5 Å². The molecule has 0 spiro atoms. The number of hydrogen-bond donors (Lipinski definition) is 2. The Labute approximate surface area is 102 Å². The van der Waals surface area contributed by atoms with E-state index in [2.05, 4.69) is 15.2 Å². The molecule has 0 bridgehead atoms. The molecular weight excluding hydrogens is 232 g/mol. The molecule has 0 saturated heterocycles. The van der Waals surface area contributed by atoms with Gasteiger partial charge in [-0.2, -0.15) is 5.10 Å². The van der Waals surface area contributed by atoms with Crippen molar-refractivity contribution in [2.75, 3.05) is 5.73 Å². The number of aromatic amines is 1. The van der Waals surface area contributed by atoms with E-state index in [1.165, 1.54) is 0 Å². The Morgan fingerprint density at radius 1 is 1.18 bits per heavy atom. The Morgan fingerprint density at radius 2 is 2.00 bits per heavy atom. The second kappa shape index (κ2) is 4.03. The van der Waals surface area contributed by atoms with Crippen molar-refractivity contribution >= 4 is 17.2 Å². The maximum Gasteiger partial charge on any atom is 0.128 e. The highest BCUT2D eigenvalue weighted by atomic mass is 32.1. The molecule has 3 rings (SSSR count). The van der Waals surface area contributed by atoms with Crippen molar-refractivity contribution < 1.29 is 0 Å². The number of rotatable bonds is 2. The third-order valence-corrected chi connectivity index (χ3v) is 3.36. The number of nitrogens with one attached hydrogen (secondary N) is 1. The molecule has 5 heteroatoms. The van der Waals surface area contributed by atoms with Crippen molar-refractivity contribution in [3.63, 3.8) is 0 Å². The van der Waals surface area contributed by atoms with Gasteiger partial charge in [-0.1, -0.05) is 30.3 Å². The molecule has 0 aliphatic rings. The summed E-state index contributed by atoms with van der Waals surface area (Å²) in [4.78, 5) is 4.56. The number of nitrogens with two attached hydrogens (primary N) is 1. The average molecular weight is 242 g/mol. The first-order chi connectivity index (χ1) is 8.34. The Hall–Kier alpha value is -2.14. The Bertz CT molecular complexity index is 627. The normalized spacial score (nSPS) is 10.6. The Balaban J connectivity index is 2.02. The molecule has 0 radical (unpaired) electrons. The average Bonchev–Trinajstić information content (AvgIpc) is 2.98. The van der Waals surface area contributed by atoms with Crippen LogP contribution in [-0.4, -0.2) is 15.2 Å². The molecular formula is C12H10N4S. The van der Waals surface area contributed by atoms with Crippen molar-refractivity contribution in [2.24, 2.45) is 0 Å². The van der Waals surface area contributed by atoms with Crippen LogP contribution in [0, 0.1) is 0 Å². The first-order valence-electron chi connectivity index (χ1n) is 5.15. The van der Waals surface area contributed by atoms with Gasteiger partial charge in [0.05, 0.1) is 17.5 Å². The molecule has 2 heterocycles. The number of hydrogen-bond acceptors (Lipinski definition) is 4. The van der Waals surface area contributed by atoms with Crippen LogP contribution in [0.4, 0.5) is 5.82 Å². The van der Waals surface area contributed by atoms with Crippen LogP contribution in [0.25, 0.3) is 21.8 Å². The summed E-state index contributed by atoms with van der Waals surface area (Å²) < 4.78 is 0. The van der Waals surface area contributed by atoms with E-state index in [0.717, 1.165) is 21.8 Å². The highest BCUT2D eigenvalue weighted by molar-refractivity contribution is 7.13. The van der Waals surface area contributed by atoms with Crippen molar-refractivity contribution in [3.05, 3.63) is 41.9 Å². The summed E-state index contributed by atoms with van der Waals surface area (Å²) in [5.41, 5.74) is 8.60. The van der Waals surface area contributed by atoms with Gasteiger partial charge in [0.1, 0.15) is 10.8 Å². The third-order valence-electron chi connectivity index (χ3n) is 2.47. The van der Waals surface area contributed by atoms with Crippen LogP contribution >= 0.6 is 11.3 Å². The molecule has 0 saturated carbocycles. The molecule has 2 aromatic heterocycles.